The summed E-state index contributed by atoms with van der Waals surface area (Å²) in [6.45, 7) is 17.5. The van der Waals surface area contributed by atoms with Crippen LogP contribution in [0.3, 0.4) is 0 Å². The predicted molar refractivity (Wildman–Crippen MR) is 127 cm³/mol. The van der Waals surface area contributed by atoms with E-state index in [1.807, 2.05) is 6.08 Å². The number of allylic oxidation sites excluding steroid dienone is 1. The van der Waals surface area contributed by atoms with Crippen LogP contribution < -0.4 is 0 Å². The minimum atomic E-state index is -1.69. The second kappa shape index (κ2) is 13.1. The molecule has 1 aliphatic heterocycles. The monoisotopic (exact) mass is 442 g/mol. The molecule has 0 spiro atoms. The van der Waals surface area contributed by atoms with Crippen LogP contribution in [0.5, 0.6) is 0 Å². The minimum Gasteiger partial charge on any atom is -0.462 e. The van der Waals surface area contributed by atoms with Crippen LogP contribution in [0, 0.1) is 5.92 Å². The Morgan fingerprint density at radius 1 is 1.03 bits per heavy atom. The third-order valence-electron chi connectivity index (χ3n) is 5.12. The molecular weight excluding hydrogens is 396 g/mol. The van der Waals surface area contributed by atoms with E-state index in [0.717, 1.165) is 32.1 Å². The first-order valence-electron chi connectivity index (χ1n) is 11.6. The number of hydrogen-bond donors (Lipinski definition) is 0. The Morgan fingerprint density at radius 2 is 1.66 bits per heavy atom. The van der Waals surface area contributed by atoms with E-state index in [1.165, 1.54) is 32.1 Å². The van der Waals surface area contributed by atoms with Gasteiger partial charge in [-0.2, -0.15) is 0 Å². The molecule has 0 aromatic carbocycles. The van der Waals surface area contributed by atoms with Gasteiger partial charge < -0.3 is 13.6 Å². The maximum atomic E-state index is 12.4. The highest BCUT2D eigenvalue weighted by molar-refractivity contribution is 6.70. The largest absolute Gasteiger partial charge is 0.462 e. The summed E-state index contributed by atoms with van der Waals surface area (Å²) in [5.41, 5.74) is 0. The van der Waals surface area contributed by atoms with Crippen molar-refractivity contribution < 1.29 is 18.4 Å². The number of unbranched alkanes of at least 4 members (excludes halogenated alkanes) is 6. The van der Waals surface area contributed by atoms with E-state index in [0.29, 0.717) is 6.61 Å². The Labute approximate surface area is 182 Å². The van der Waals surface area contributed by atoms with Crippen molar-refractivity contribution in [3.05, 3.63) is 12.7 Å². The van der Waals surface area contributed by atoms with Crippen LogP contribution in [0.15, 0.2) is 12.7 Å². The van der Waals surface area contributed by atoms with E-state index in [2.05, 4.69) is 45.9 Å². The molecule has 0 N–H and O–H groups in total. The summed E-state index contributed by atoms with van der Waals surface area (Å²) >= 11 is 0. The molecule has 1 saturated heterocycles. The van der Waals surface area contributed by atoms with Gasteiger partial charge >= 0.3 is 5.97 Å². The van der Waals surface area contributed by atoms with Crippen LogP contribution in [-0.4, -0.2) is 41.4 Å². The molecule has 0 saturated carbocycles. The summed E-state index contributed by atoms with van der Waals surface area (Å²) in [4.78, 5) is 12.4. The van der Waals surface area contributed by atoms with Crippen LogP contribution in [0.4, 0.5) is 0 Å². The van der Waals surface area contributed by atoms with Crippen LogP contribution in [0.2, 0.25) is 39.3 Å². The van der Waals surface area contributed by atoms with Gasteiger partial charge in [-0.3, -0.25) is 4.79 Å². The second-order valence-corrected chi connectivity index (χ2v) is 19.5. The molecule has 0 aromatic rings. The lowest BCUT2D eigenvalue weighted by Gasteiger charge is -2.30. The zero-order valence-electron chi connectivity index (χ0n) is 19.9. The fourth-order valence-corrected chi connectivity index (χ4v) is 5.62. The summed E-state index contributed by atoms with van der Waals surface area (Å²) in [5, 5.41) is 0. The Morgan fingerprint density at radius 3 is 2.24 bits per heavy atom. The van der Waals surface area contributed by atoms with Gasteiger partial charge in [-0.1, -0.05) is 31.8 Å². The average Bonchev–Trinajstić information content (AvgIpc) is 2.93. The smallest absolute Gasteiger partial charge is 0.309 e. The molecule has 0 aliphatic carbocycles. The van der Waals surface area contributed by atoms with Gasteiger partial charge in [-0.25, -0.2) is 0 Å². The third kappa shape index (κ3) is 13.5. The van der Waals surface area contributed by atoms with Crippen molar-refractivity contribution in [3.63, 3.8) is 0 Å². The van der Waals surface area contributed by atoms with Crippen molar-refractivity contribution in [2.75, 3.05) is 6.61 Å². The van der Waals surface area contributed by atoms with Crippen molar-refractivity contribution in [2.45, 2.75) is 116 Å². The lowest BCUT2D eigenvalue weighted by Crippen LogP contribution is -2.39. The molecule has 4 nitrogen and oxygen atoms in total. The molecule has 1 aliphatic rings. The van der Waals surface area contributed by atoms with Gasteiger partial charge in [0.1, 0.15) is 6.10 Å². The molecule has 0 amide bonds. The summed E-state index contributed by atoms with van der Waals surface area (Å²) in [6, 6.07) is 0. The summed E-state index contributed by atoms with van der Waals surface area (Å²) in [5.74, 6) is -0.0675. The highest BCUT2D eigenvalue weighted by atomic mass is 28.4. The molecular formula is C23H46O4Si2. The lowest BCUT2D eigenvalue weighted by molar-refractivity contribution is -0.145. The zero-order valence-corrected chi connectivity index (χ0v) is 21.9. The molecule has 1 heterocycles. The van der Waals surface area contributed by atoms with E-state index in [1.54, 1.807) is 0 Å². The highest BCUT2D eigenvalue weighted by Crippen LogP contribution is 2.30. The first-order valence-corrected chi connectivity index (χ1v) is 18.4. The summed E-state index contributed by atoms with van der Waals surface area (Å²) < 4.78 is 18.2. The van der Waals surface area contributed by atoms with Gasteiger partial charge in [-0.05, 0) is 77.8 Å². The van der Waals surface area contributed by atoms with E-state index >= 15 is 0 Å². The van der Waals surface area contributed by atoms with Crippen LogP contribution in [0.25, 0.3) is 0 Å². The second-order valence-electron chi connectivity index (χ2n) is 10.5. The molecule has 1 fully saturated rings. The maximum absolute atomic E-state index is 12.4. The SMILES string of the molecule is C=CCCCCCCCC[C@H]1C[C@H](C[C@H](CO[Si](C)(C)C)O[Si](C)(C)C)C(=O)O1. The van der Waals surface area contributed by atoms with Gasteiger partial charge in [0.15, 0.2) is 16.6 Å². The van der Waals surface area contributed by atoms with Gasteiger partial charge in [0, 0.05) is 0 Å². The molecule has 0 aromatic heterocycles. The third-order valence-corrected chi connectivity index (χ3v) is 7.19. The Balaban J connectivity index is 2.36. The molecule has 3 atom stereocenters. The minimum absolute atomic E-state index is 0.000238. The Bertz CT molecular complexity index is 482. The fraction of sp³-hybridized carbons (Fsp3) is 0.870. The molecule has 170 valence electrons. The quantitative estimate of drug-likeness (QED) is 0.116. The van der Waals surface area contributed by atoms with Crippen LogP contribution >= 0.6 is 0 Å². The Hall–Kier alpha value is -0.436. The van der Waals surface area contributed by atoms with Crippen molar-refractivity contribution in [2.24, 2.45) is 5.92 Å². The number of cyclic esters (lactones) is 1. The van der Waals surface area contributed by atoms with Crippen molar-refractivity contribution in [1.82, 2.24) is 0 Å². The molecule has 0 bridgehead atoms. The van der Waals surface area contributed by atoms with Gasteiger partial charge in [0.25, 0.3) is 0 Å². The molecule has 6 heteroatoms. The first kappa shape index (κ1) is 26.6. The van der Waals surface area contributed by atoms with Crippen molar-refractivity contribution in [1.29, 1.82) is 0 Å². The maximum Gasteiger partial charge on any atom is 0.309 e. The molecule has 1 rings (SSSR count). The molecule has 29 heavy (non-hydrogen) atoms. The van der Waals surface area contributed by atoms with E-state index in [-0.39, 0.29) is 24.1 Å². The summed E-state index contributed by atoms with van der Waals surface area (Å²) in [6.07, 6.45) is 13.3. The Kier molecular flexibility index (Phi) is 12.0. The van der Waals surface area contributed by atoms with E-state index < -0.39 is 16.6 Å². The standard InChI is InChI=1S/C23H46O4Si2/c1-8-9-10-11-12-13-14-15-16-21-17-20(23(24)26-21)18-22(27-29(5,6)7)19-25-28(2,3)4/h8,20-22H,1,9-19H2,2-7H3/t20-,21+,22-/m1/s1. The van der Waals surface area contributed by atoms with E-state index in [4.69, 9.17) is 13.6 Å². The number of carbonyl (C=O) groups is 1. The predicted octanol–water partition coefficient (Wildman–Crippen LogP) is 6.69. The van der Waals surface area contributed by atoms with Crippen LogP contribution in [-0.2, 0) is 18.4 Å². The number of hydrogen-bond acceptors (Lipinski definition) is 4. The molecule has 0 unspecified atom stereocenters. The van der Waals surface area contributed by atoms with Crippen molar-refractivity contribution in [3.8, 4) is 0 Å². The lowest BCUT2D eigenvalue weighted by atomic mass is 9.96. The highest BCUT2D eigenvalue weighted by Gasteiger charge is 2.37. The fourth-order valence-electron chi connectivity index (χ4n) is 3.77. The van der Waals surface area contributed by atoms with Crippen molar-refractivity contribution >= 4 is 22.6 Å². The topological polar surface area (TPSA) is 44.8 Å². The van der Waals surface area contributed by atoms with E-state index in [9.17, 15) is 4.79 Å². The summed E-state index contributed by atoms with van der Waals surface area (Å²) in [7, 11) is -3.30. The van der Waals surface area contributed by atoms with Gasteiger partial charge in [0.05, 0.1) is 18.6 Å². The molecule has 0 radical (unpaired) electrons. The normalized spacial score (nSPS) is 21.2. The van der Waals surface area contributed by atoms with Gasteiger partial charge in [0.2, 0.25) is 0 Å². The number of esters is 1. The van der Waals surface area contributed by atoms with Gasteiger partial charge in [-0.15, -0.1) is 6.58 Å². The number of rotatable bonds is 16. The zero-order chi connectivity index (χ0) is 21.9. The first-order chi connectivity index (χ1) is 13.5. The van der Waals surface area contributed by atoms with Crippen LogP contribution in [0.1, 0.15) is 64.2 Å². The average molecular weight is 443 g/mol. The number of carbonyl (C=O) groups excluding carboxylic acids is 1. The number of ether oxygens (including phenoxy) is 1.